The lowest BCUT2D eigenvalue weighted by Crippen LogP contribution is -2.33. The number of hydrogen-bond acceptors (Lipinski definition) is 4. The number of hydrogen-bond donors (Lipinski definition) is 3. The van der Waals surface area contributed by atoms with Crippen LogP contribution >= 0.6 is 0 Å². The van der Waals surface area contributed by atoms with E-state index in [4.69, 9.17) is 15.9 Å². The van der Waals surface area contributed by atoms with Crippen molar-refractivity contribution in [1.82, 2.24) is 0 Å². The van der Waals surface area contributed by atoms with Gasteiger partial charge in [0, 0.05) is 6.07 Å². The zero-order valence-electron chi connectivity index (χ0n) is 11.2. The summed E-state index contributed by atoms with van der Waals surface area (Å²) in [6.07, 6.45) is 0. The second kappa shape index (κ2) is 5.48. The molecular formula is C12H19N3O3S. The smallest absolute Gasteiger partial charge is 0.237 e. The largest absolute Gasteiger partial charge is 0.486 e. The Labute approximate surface area is 113 Å². The lowest BCUT2D eigenvalue weighted by molar-refractivity contribution is 0.374. The first-order valence-electron chi connectivity index (χ1n) is 5.70. The zero-order chi connectivity index (χ0) is 14.7. The van der Waals surface area contributed by atoms with Crippen molar-refractivity contribution in [3.05, 3.63) is 24.3 Å². The molecule has 6 nitrogen and oxygen atoms in total. The monoisotopic (exact) mass is 285 g/mol. The predicted molar refractivity (Wildman–Crippen MR) is 76.1 cm³/mol. The van der Waals surface area contributed by atoms with Gasteiger partial charge in [0.15, 0.2) is 0 Å². The van der Waals surface area contributed by atoms with Crippen LogP contribution in [0.25, 0.3) is 0 Å². The number of benzene rings is 1. The molecule has 0 fully saturated rings. The van der Waals surface area contributed by atoms with Crippen molar-refractivity contribution in [2.24, 2.45) is 5.73 Å². The summed E-state index contributed by atoms with van der Waals surface area (Å²) >= 11 is 0. The number of nitrogens with two attached hydrogens (primary N) is 1. The molecule has 0 bridgehead atoms. The molecule has 1 aromatic carbocycles. The van der Waals surface area contributed by atoms with Gasteiger partial charge in [-0.2, -0.15) is 0 Å². The Balaban J connectivity index is 2.86. The van der Waals surface area contributed by atoms with Gasteiger partial charge >= 0.3 is 0 Å². The van der Waals surface area contributed by atoms with Crippen LogP contribution in [-0.4, -0.2) is 25.6 Å². The van der Waals surface area contributed by atoms with Crippen LogP contribution in [0.4, 0.5) is 5.69 Å². The predicted octanol–water partition coefficient (Wildman–Crippen LogP) is 1.54. The molecule has 1 rings (SSSR count). The molecule has 0 saturated carbocycles. The van der Waals surface area contributed by atoms with Crippen molar-refractivity contribution in [3.8, 4) is 5.75 Å². The lowest BCUT2D eigenvalue weighted by Gasteiger charge is -2.20. The van der Waals surface area contributed by atoms with Crippen LogP contribution in [0.5, 0.6) is 5.75 Å². The maximum Gasteiger partial charge on any atom is 0.237 e. The third-order valence-corrected chi connectivity index (χ3v) is 4.40. The van der Waals surface area contributed by atoms with Crippen LogP contribution in [0, 0.1) is 5.41 Å². The van der Waals surface area contributed by atoms with Crippen molar-refractivity contribution in [1.29, 1.82) is 5.41 Å². The molecule has 0 saturated heterocycles. The standard InChI is InChI=1S/C12H19N3O3S/c1-12(2,3)19(16,17)15-9-5-4-6-10(7-9)18-8-11(13)14/h4-7,15H,8H2,1-3H3,(H3,13,14). The van der Waals surface area contributed by atoms with Gasteiger partial charge in [-0.3, -0.25) is 10.1 Å². The second-order valence-electron chi connectivity index (χ2n) is 5.06. The highest BCUT2D eigenvalue weighted by atomic mass is 32.2. The van der Waals surface area contributed by atoms with E-state index in [1.807, 2.05) is 0 Å². The molecule has 0 aliphatic rings. The Morgan fingerprint density at radius 2 is 2.05 bits per heavy atom. The molecule has 1 aromatic rings. The highest BCUT2D eigenvalue weighted by Gasteiger charge is 2.28. The molecule has 0 heterocycles. The van der Waals surface area contributed by atoms with Crippen molar-refractivity contribution in [3.63, 3.8) is 0 Å². The highest BCUT2D eigenvalue weighted by molar-refractivity contribution is 7.94. The molecule has 0 spiro atoms. The zero-order valence-corrected chi connectivity index (χ0v) is 12.0. The second-order valence-corrected chi connectivity index (χ2v) is 7.50. The lowest BCUT2D eigenvalue weighted by atomic mass is 10.3. The minimum Gasteiger partial charge on any atom is -0.486 e. The molecule has 0 radical (unpaired) electrons. The van der Waals surface area contributed by atoms with Crippen LogP contribution in [0.1, 0.15) is 20.8 Å². The Morgan fingerprint density at radius 3 is 2.58 bits per heavy atom. The minimum atomic E-state index is -3.47. The number of nitrogens with one attached hydrogen (secondary N) is 2. The maximum absolute atomic E-state index is 12.0. The first-order chi connectivity index (χ1) is 8.62. The Bertz CT molecular complexity index is 562. The van der Waals surface area contributed by atoms with Crippen LogP contribution < -0.4 is 15.2 Å². The summed E-state index contributed by atoms with van der Waals surface area (Å²) in [6, 6.07) is 6.50. The Kier molecular flexibility index (Phi) is 4.41. The van der Waals surface area contributed by atoms with Gasteiger partial charge < -0.3 is 10.5 Å². The number of anilines is 1. The van der Waals surface area contributed by atoms with Gasteiger partial charge in [-0.15, -0.1) is 0 Å². The summed E-state index contributed by atoms with van der Waals surface area (Å²) < 4.78 is 30.8. The van der Waals surface area contributed by atoms with Crippen LogP contribution in [-0.2, 0) is 10.0 Å². The summed E-state index contributed by atoms with van der Waals surface area (Å²) in [5.41, 5.74) is 5.60. The molecule has 0 aromatic heterocycles. The fourth-order valence-corrected chi connectivity index (χ4v) is 1.86. The quantitative estimate of drug-likeness (QED) is 0.563. The van der Waals surface area contributed by atoms with Gasteiger partial charge in [-0.25, -0.2) is 8.42 Å². The van der Waals surface area contributed by atoms with Crippen molar-refractivity contribution < 1.29 is 13.2 Å². The normalized spacial score (nSPS) is 11.9. The number of amidine groups is 1. The summed E-state index contributed by atoms with van der Waals surface area (Å²) in [5, 5.41) is 7.06. The molecule has 0 amide bonds. The Hall–Kier alpha value is -1.76. The molecule has 7 heteroatoms. The fourth-order valence-electron chi connectivity index (χ4n) is 1.12. The maximum atomic E-state index is 12.0. The van der Waals surface area contributed by atoms with Crippen molar-refractivity contribution in [2.75, 3.05) is 11.3 Å². The van der Waals surface area contributed by atoms with E-state index in [-0.39, 0.29) is 12.4 Å². The molecule has 0 unspecified atom stereocenters. The molecule has 19 heavy (non-hydrogen) atoms. The number of sulfonamides is 1. The first kappa shape index (κ1) is 15.3. The van der Waals surface area contributed by atoms with Crippen LogP contribution in [0.2, 0.25) is 0 Å². The van der Waals surface area contributed by atoms with E-state index in [2.05, 4.69) is 4.72 Å². The van der Waals surface area contributed by atoms with E-state index in [0.29, 0.717) is 11.4 Å². The van der Waals surface area contributed by atoms with Gasteiger partial charge in [0.05, 0.1) is 10.4 Å². The van der Waals surface area contributed by atoms with Gasteiger partial charge in [0.25, 0.3) is 0 Å². The third-order valence-electron chi connectivity index (χ3n) is 2.29. The van der Waals surface area contributed by atoms with Crippen LogP contribution in [0.15, 0.2) is 24.3 Å². The number of rotatable bonds is 5. The van der Waals surface area contributed by atoms with E-state index < -0.39 is 14.8 Å². The molecule has 0 atom stereocenters. The number of ether oxygens (including phenoxy) is 1. The topological polar surface area (TPSA) is 105 Å². The van der Waals surface area contributed by atoms with Gasteiger partial charge in [0.2, 0.25) is 10.0 Å². The van der Waals surface area contributed by atoms with Crippen molar-refractivity contribution in [2.45, 2.75) is 25.5 Å². The highest BCUT2D eigenvalue weighted by Crippen LogP contribution is 2.22. The summed E-state index contributed by atoms with van der Waals surface area (Å²) in [7, 11) is -3.47. The van der Waals surface area contributed by atoms with Gasteiger partial charge in [-0.1, -0.05) is 6.07 Å². The van der Waals surface area contributed by atoms with E-state index >= 15 is 0 Å². The van der Waals surface area contributed by atoms with Gasteiger partial charge in [0.1, 0.15) is 18.2 Å². The van der Waals surface area contributed by atoms with E-state index in [1.54, 1.807) is 45.0 Å². The molecule has 106 valence electrons. The molecule has 4 N–H and O–H groups in total. The average Bonchev–Trinajstić information content (AvgIpc) is 2.24. The summed E-state index contributed by atoms with van der Waals surface area (Å²) in [6.45, 7) is 4.82. The van der Waals surface area contributed by atoms with Crippen LogP contribution in [0.3, 0.4) is 0 Å². The Morgan fingerprint density at radius 1 is 1.42 bits per heavy atom. The third kappa shape index (κ3) is 4.44. The molecular weight excluding hydrogens is 266 g/mol. The van der Waals surface area contributed by atoms with E-state index in [1.165, 1.54) is 0 Å². The SMILES string of the molecule is CC(C)(C)S(=O)(=O)Nc1cccc(OCC(=N)N)c1. The summed E-state index contributed by atoms with van der Waals surface area (Å²) in [5.74, 6) is 0.352. The fraction of sp³-hybridized carbons (Fsp3) is 0.417. The minimum absolute atomic E-state index is 0.0323. The van der Waals surface area contributed by atoms with Gasteiger partial charge in [-0.05, 0) is 32.9 Å². The first-order valence-corrected chi connectivity index (χ1v) is 7.18. The van der Waals surface area contributed by atoms with Crippen molar-refractivity contribution >= 4 is 21.5 Å². The van der Waals surface area contributed by atoms with E-state index in [9.17, 15) is 8.42 Å². The van der Waals surface area contributed by atoms with E-state index in [0.717, 1.165) is 0 Å². The molecule has 0 aliphatic heterocycles. The molecule has 0 aliphatic carbocycles. The average molecular weight is 285 g/mol. The summed E-state index contributed by atoms with van der Waals surface area (Å²) in [4.78, 5) is 0.